The topological polar surface area (TPSA) is 80.3 Å². The van der Waals surface area contributed by atoms with E-state index in [0.717, 1.165) is 5.56 Å². The van der Waals surface area contributed by atoms with Crippen molar-refractivity contribution < 1.29 is 18.7 Å². The smallest absolute Gasteiger partial charge is 0.425 e. The molecule has 6 nitrogen and oxygen atoms in total. The third-order valence-electron chi connectivity index (χ3n) is 5.13. The second-order valence-electron chi connectivity index (χ2n) is 7.08. The number of carbonyl (C=O) groups excluding carboxylic acids is 2. The van der Waals surface area contributed by atoms with E-state index in [1.54, 1.807) is 43.3 Å². The van der Waals surface area contributed by atoms with Crippen molar-refractivity contribution in [3.05, 3.63) is 95.3 Å². The number of hydrogen-bond donors (Lipinski definition) is 2. The van der Waals surface area contributed by atoms with E-state index >= 15 is 0 Å². The maximum Gasteiger partial charge on any atom is 0.425 e. The summed E-state index contributed by atoms with van der Waals surface area (Å²) in [6.45, 7) is 1.76. The van der Waals surface area contributed by atoms with E-state index in [4.69, 9.17) is 0 Å². The van der Waals surface area contributed by atoms with Gasteiger partial charge in [0.05, 0.1) is 24.0 Å². The van der Waals surface area contributed by atoms with Gasteiger partial charge in [-0.2, -0.15) is 0 Å². The molecule has 0 bridgehead atoms. The molecule has 0 fully saturated rings. The number of methoxy groups -OCH3 is 1. The number of ether oxygens (including phenoxy) is 1. The summed E-state index contributed by atoms with van der Waals surface area (Å²) >= 11 is 0. The van der Waals surface area contributed by atoms with Gasteiger partial charge in [-0.3, -0.25) is 10.2 Å². The zero-order valence-corrected chi connectivity index (χ0v) is 17.5. The number of hydrogen-bond acceptors (Lipinski definition) is 5. The van der Waals surface area contributed by atoms with Crippen molar-refractivity contribution >= 4 is 28.5 Å². The molecule has 0 unspecified atom stereocenters. The van der Waals surface area contributed by atoms with E-state index in [0.29, 0.717) is 22.5 Å². The first-order chi connectivity index (χ1) is 15.5. The lowest BCUT2D eigenvalue weighted by atomic mass is 9.91. The average molecular weight is 429 g/mol. The first kappa shape index (κ1) is 21.0. The number of hydrazine groups is 1. The number of nitrogens with zero attached hydrogens (tertiary/aromatic N) is 1. The number of nitrogens with one attached hydrogen (secondary N) is 2. The zero-order valence-electron chi connectivity index (χ0n) is 17.5. The molecule has 0 spiro atoms. The molecule has 4 rings (SSSR count). The molecule has 0 aliphatic heterocycles. The molecule has 1 amide bonds. The van der Waals surface area contributed by atoms with Crippen molar-refractivity contribution in [2.75, 3.05) is 12.5 Å². The zero-order chi connectivity index (χ0) is 22.7. The van der Waals surface area contributed by atoms with Crippen LogP contribution in [-0.2, 0) is 4.74 Å². The van der Waals surface area contributed by atoms with Crippen LogP contribution in [0.3, 0.4) is 0 Å². The molecule has 4 aromatic rings. The number of benzene rings is 3. The molecule has 0 saturated heterocycles. The fraction of sp³-hybridized carbons (Fsp3) is 0.0800. The van der Waals surface area contributed by atoms with Gasteiger partial charge in [-0.15, -0.1) is 0 Å². The van der Waals surface area contributed by atoms with Crippen molar-refractivity contribution in [1.82, 2.24) is 10.4 Å². The molecular weight excluding hydrogens is 409 g/mol. The Balaban J connectivity index is 1.92. The van der Waals surface area contributed by atoms with Gasteiger partial charge in [-0.25, -0.2) is 19.6 Å². The Bertz CT molecular complexity index is 1320. The van der Waals surface area contributed by atoms with Crippen molar-refractivity contribution in [3.8, 4) is 11.3 Å². The van der Waals surface area contributed by atoms with E-state index in [1.807, 2.05) is 30.3 Å². The number of ketones is 1. The van der Waals surface area contributed by atoms with Gasteiger partial charge in [0.2, 0.25) is 0 Å². The normalized spacial score (nSPS) is 10.6. The van der Waals surface area contributed by atoms with Crippen LogP contribution in [0.4, 0.5) is 14.9 Å². The summed E-state index contributed by atoms with van der Waals surface area (Å²) in [5.74, 6) is -0.925. The average Bonchev–Trinajstić information content (AvgIpc) is 2.83. The number of fused-ring (bicyclic) bond motifs is 1. The SMILES string of the molecule is COC(=O)NNc1ccccc1C(=O)c1c(C)c(-c2ccccc2)nc2cccc(F)c12. The number of rotatable bonds is 5. The Labute approximate surface area is 184 Å². The van der Waals surface area contributed by atoms with E-state index < -0.39 is 17.7 Å². The Hall–Kier alpha value is -4.26. The molecule has 7 heteroatoms. The van der Waals surface area contributed by atoms with Crippen molar-refractivity contribution in [1.29, 1.82) is 0 Å². The van der Waals surface area contributed by atoms with Crippen LogP contribution >= 0.6 is 0 Å². The molecule has 0 aliphatic rings. The Morgan fingerprint density at radius 3 is 2.41 bits per heavy atom. The predicted molar refractivity (Wildman–Crippen MR) is 121 cm³/mol. The van der Waals surface area contributed by atoms with Crippen LogP contribution in [0.5, 0.6) is 0 Å². The lowest BCUT2D eigenvalue weighted by molar-refractivity contribution is 0.104. The number of pyridine rings is 1. The van der Waals surface area contributed by atoms with Gasteiger partial charge in [0.25, 0.3) is 0 Å². The monoisotopic (exact) mass is 429 g/mol. The lowest BCUT2D eigenvalue weighted by Gasteiger charge is -2.17. The van der Waals surface area contributed by atoms with E-state index in [-0.39, 0.29) is 16.5 Å². The van der Waals surface area contributed by atoms with Gasteiger partial charge in [-0.05, 0) is 36.8 Å². The molecule has 1 aromatic heterocycles. The van der Waals surface area contributed by atoms with Crippen LogP contribution in [0.1, 0.15) is 21.5 Å². The lowest BCUT2D eigenvalue weighted by Crippen LogP contribution is -2.30. The minimum atomic E-state index is -0.713. The Morgan fingerprint density at radius 1 is 0.938 bits per heavy atom. The number of halogens is 1. The van der Waals surface area contributed by atoms with Crippen LogP contribution < -0.4 is 10.9 Å². The highest BCUT2D eigenvalue weighted by molar-refractivity contribution is 6.20. The summed E-state index contributed by atoms with van der Waals surface area (Å²) in [4.78, 5) is 29.9. The van der Waals surface area contributed by atoms with Crippen molar-refractivity contribution in [2.45, 2.75) is 6.92 Å². The summed E-state index contributed by atoms with van der Waals surface area (Å²) in [6, 6.07) is 20.7. The molecular formula is C25H20FN3O3. The molecule has 1 heterocycles. The maximum atomic E-state index is 15.0. The number of aromatic nitrogens is 1. The maximum absolute atomic E-state index is 15.0. The van der Waals surface area contributed by atoms with E-state index in [2.05, 4.69) is 20.6 Å². The minimum Gasteiger partial charge on any atom is -0.452 e. The number of para-hydroxylation sites is 1. The van der Waals surface area contributed by atoms with Gasteiger partial charge >= 0.3 is 6.09 Å². The van der Waals surface area contributed by atoms with Gasteiger partial charge in [-0.1, -0.05) is 48.5 Å². The Kier molecular flexibility index (Phi) is 5.81. The van der Waals surface area contributed by atoms with Gasteiger partial charge in [0.15, 0.2) is 5.78 Å². The minimum absolute atomic E-state index is 0.158. The highest BCUT2D eigenvalue weighted by Crippen LogP contribution is 2.33. The standard InChI is InChI=1S/C25H20FN3O3/c1-15-21(24(30)17-11-6-7-13-19(17)28-29-25(31)32-2)22-18(26)12-8-14-20(22)27-23(15)16-9-4-3-5-10-16/h3-14,28H,1-2H3,(H,29,31). The molecule has 0 saturated carbocycles. The molecule has 160 valence electrons. The number of carbonyl (C=O) groups is 2. The summed E-state index contributed by atoms with van der Waals surface area (Å²) in [7, 11) is 1.23. The first-order valence-electron chi connectivity index (χ1n) is 9.89. The predicted octanol–water partition coefficient (Wildman–Crippen LogP) is 5.26. The second kappa shape index (κ2) is 8.85. The third kappa shape index (κ3) is 3.88. The Morgan fingerprint density at radius 2 is 1.66 bits per heavy atom. The van der Waals surface area contributed by atoms with Gasteiger partial charge < -0.3 is 4.74 Å². The summed E-state index contributed by atoms with van der Waals surface area (Å²) in [6.07, 6.45) is -0.713. The van der Waals surface area contributed by atoms with Gasteiger partial charge in [0.1, 0.15) is 5.82 Å². The molecule has 32 heavy (non-hydrogen) atoms. The van der Waals surface area contributed by atoms with Crippen LogP contribution in [0.15, 0.2) is 72.8 Å². The molecule has 0 radical (unpaired) electrons. The fourth-order valence-electron chi connectivity index (χ4n) is 3.62. The number of anilines is 1. The van der Waals surface area contributed by atoms with E-state index in [9.17, 15) is 14.0 Å². The van der Waals surface area contributed by atoms with Crippen LogP contribution in [0.2, 0.25) is 0 Å². The molecule has 0 atom stereocenters. The molecule has 2 N–H and O–H groups in total. The van der Waals surface area contributed by atoms with Crippen LogP contribution in [-0.4, -0.2) is 24.0 Å². The third-order valence-corrected chi connectivity index (χ3v) is 5.13. The number of amides is 1. The summed E-state index contributed by atoms with van der Waals surface area (Å²) < 4.78 is 19.5. The molecule has 0 aliphatic carbocycles. The molecule has 3 aromatic carbocycles. The summed E-state index contributed by atoms with van der Waals surface area (Å²) in [5, 5.41) is 0.158. The van der Waals surface area contributed by atoms with Gasteiger partial charge in [0, 0.05) is 22.1 Å². The highest BCUT2D eigenvalue weighted by atomic mass is 19.1. The quantitative estimate of drug-likeness (QED) is 0.334. The first-order valence-corrected chi connectivity index (χ1v) is 9.89. The largest absolute Gasteiger partial charge is 0.452 e. The van der Waals surface area contributed by atoms with Crippen LogP contribution in [0, 0.1) is 12.7 Å². The van der Waals surface area contributed by atoms with Crippen LogP contribution in [0.25, 0.3) is 22.2 Å². The summed E-state index contributed by atoms with van der Waals surface area (Å²) in [5.41, 5.74) is 8.25. The van der Waals surface area contributed by atoms with Crippen molar-refractivity contribution in [3.63, 3.8) is 0 Å². The second-order valence-corrected chi connectivity index (χ2v) is 7.08. The fourth-order valence-corrected chi connectivity index (χ4v) is 3.62. The van der Waals surface area contributed by atoms with Crippen molar-refractivity contribution in [2.24, 2.45) is 0 Å². The van der Waals surface area contributed by atoms with E-state index in [1.165, 1.54) is 13.2 Å². The highest BCUT2D eigenvalue weighted by Gasteiger charge is 2.24.